The second-order valence-electron chi connectivity index (χ2n) is 11.0. The van der Waals surface area contributed by atoms with Crippen molar-refractivity contribution in [2.75, 3.05) is 32.8 Å². The van der Waals surface area contributed by atoms with E-state index in [1.165, 1.54) is 5.70 Å². The highest BCUT2D eigenvalue weighted by Crippen LogP contribution is 2.65. The fourth-order valence-electron chi connectivity index (χ4n) is 8.05. The smallest absolute Gasteiger partial charge is 0.226 e. The molecule has 6 atom stereocenters. The van der Waals surface area contributed by atoms with Crippen molar-refractivity contribution in [3.63, 3.8) is 0 Å². The minimum Gasteiger partial charge on any atom is -0.396 e. The standard InChI is InChI=1S/C26H42N2O3/c1-5-27(6-2)24(31)22-9-8-20-19-17-28(14-7-15-29)23-16-18(30)10-12-26(23,4)21(19)11-13-25(20,22)3/h16,19-22,29H,5-15,17H2,1-4H3/t19-,20-,21+,22?,25-,26+/m0/s1. The number of allylic oxidation sites excluding steroid dienone is 2. The predicted octanol–water partition coefficient (Wildman–Crippen LogP) is 3.86. The average molecular weight is 431 g/mol. The normalized spacial score (nSPS) is 39.5. The van der Waals surface area contributed by atoms with E-state index in [1.807, 2.05) is 11.0 Å². The van der Waals surface area contributed by atoms with Crippen molar-refractivity contribution in [1.82, 2.24) is 9.80 Å². The van der Waals surface area contributed by atoms with Gasteiger partial charge in [-0.1, -0.05) is 13.8 Å². The van der Waals surface area contributed by atoms with Gasteiger partial charge in [0.1, 0.15) is 0 Å². The summed E-state index contributed by atoms with van der Waals surface area (Å²) in [6, 6.07) is 0. The molecule has 3 fully saturated rings. The summed E-state index contributed by atoms with van der Waals surface area (Å²) in [4.78, 5) is 30.2. The van der Waals surface area contributed by atoms with Crippen molar-refractivity contribution in [2.45, 2.75) is 72.6 Å². The summed E-state index contributed by atoms with van der Waals surface area (Å²) in [5.41, 5.74) is 1.37. The molecule has 1 amide bonds. The zero-order chi connectivity index (χ0) is 22.4. The molecule has 2 saturated carbocycles. The molecule has 1 saturated heterocycles. The molecule has 0 aromatic rings. The third-order valence-electron chi connectivity index (χ3n) is 9.76. The van der Waals surface area contributed by atoms with Crippen molar-refractivity contribution >= 4 is 11.7 Å². The monoisotopic (exact) mass is 430 g/mol. The van der Waals surface area contributed by atoms with Gasteiger partial charge in [-0.2, -0.15) is 0 Å². The van der Waals surface area contributed by atoms with E-state index in [9.17, 15) is 14.7 Å². The highest BCUT2D eigenvalue weighted by molar-refractivity contribution is 5.91. The van der Waals surface area contributed by atoms with Gasteiger partial charge in [0, 0.05) is 62.3 Å². The molecule has 5 nitrogen and oxygen atoms in total. The minimum absolute atomic E-state index is 0.0502. The Labute approximate surface area is 188 Å². The number of fused-ring (bicyclic) bond motifs is 5. The number of piperidine rings is 1. The van der Waals surface area contributed by atoms with Gasteiger partial charge in [-0.3, -0.25) is 9.59 Å². The molecule has 174 valence electrons. The van der Waals surface area contributed by atoms with Crippen LogP contribution in [0.3, 0.4) is 0 Å². The van der Waals surface area contributed by atoms with Crippen LogP contribution in [0.4, 0.5) is 0 Å². The van der Waals surface area contributed by atoms with Gasteiger partial charge in [0.2, 0.25) is 5.91 Å². The van der Waals surface area contributed by atoms with Crippen molar-refractivity contribution in [3.8, 4) is 0 Å². The third-order valence-corrected chi connectivity index (χ3v) is 9.76. The highest BCUT2D eigenvalue weighted by Gasteiger charge is 2.61. The van der Waals surface area contributed by atoms with Crippen LogP contribution >= 0.6 is 0 Å². The number of carbonyl (C=O) groups is 2. The fraction of sp³-hybridized carbons (Fsp3) is 0.846. The molecule has 4 rings (SSSR count). The van der Waals surface area contributed by atoms with E-state index in [4.69, 9.17) is 0 Å². The van der Waals surface area contributed by atoms with E-state index in [-0.39, 0.29) is 29.1 Å². The molecule has 0 aromatic carbocycles. The number of aliphatic hydroxyl groups excluding tert-OH is 1. The van der Waals surface area contributed by atoms with Crippen molar-refractivity contribution in [1.29, 1.82) is 0 Å². The molecule has 0 radical (unpaired) electrons. The van der Waals surface area contributed by atoms with Gasteiger partial charge in [0.25, 0.3) is 0 Å². The number of carbonyl (C=O) groups excluding carboxylic acids is 2. The molecule has 3 aliphatic carbocycles. The van der Waals surface area contributed by atoms with Crippen LogP contribution in [0.5, 0.6) is 0 Å². The lowest BCUT2D eigenvalue weighted by molar-refractivity contribution is -0.143. The van der Waals surface area contributed by atoms with E-state index in [1.54, 1.807) is 0 Å². The average Bonchev–Trinajstić information content (AvgIpc) is 3.11. The lowest BCUT2D eigenvalue weighted by Gasteiger charge is -2.61. The Kier molecular flexibility index (Phi) is 6.28. The van der Waals surface area contributed by atoms with Gasteiger partial charge >= 0.3 is 0 Å². The van der Waals surface area contributed by atoms with Crippen LogP contribution in [0, 0.1) is 34.5 Å². The molecule has 1 N–H and O–H groups in total. The number of nitrogens with zero attached hydrogens (tertiary/aromatic N) is 2. The lowest BCUT2D eigenvalue weighted by atomic mass is 9.49. The Morgan fingerprint density at radius 1 is 1.16 bits per heavy atom. The summed E-state index contributed by atoms with van der Waals surface area (Å²) in [5, 5.41) is 9.47. The summed E-state index contributed by atoms with van der Waals surface area (Å²) >= 11 is 0. The Hall–Kier alpha value is -1.36. The number of rotatable bonds is 6. The maximum absolute atomic E-state index is 13.4. The van der Waals surface area contributed by atoms with Crippen molar-refractivity contribution in [3.05, 3.63) is 11.8 Å². The van der Waals surface area contributed by atoms with Crippen LogP contribution in [0.2, 0.25) is 0 Å². The first-order valence-corrected chi connectivity index (χ1v) is 12.7. The molecule has 0 aromatic heterocycles. The molecule has 1 aliphatic heterocycles. The zero-order valence-electron chi connectivity index (χ0n) is 20.0. The largest absolute Gasteiger partial charge is 0.396 e. The van der Waals surface area contributed by atoms with Crippen LogP contribution < -0.4 is 0 Å². The van der Waals surface area contributed by atoms with E-state index >= 15 is 0 Å². The second kappa shape index (κ2) is 8.53. The first-order valence-electron chi connectivity index (χ1n) is 12.7. The number of aliphatic hydroxyl groups is 1. The number of ketones is 1. The second-order valence-corrected chi connectivity index (χ2v) is 11.0. The molecule has 31 heavy (non-hydrogen) atoms. The zero-order valence-corrected chi connectivity index (χ0v) is 20.0. The Morgan fingerprint density at radius 2 is 1.90 bits per heavy atom. The Balaban J connectivity index is 1.65. The lowest BCUT2D eigenvalue weighted by Crippen LogP contribution is -2.58. The molecule has 4 aliphatic rings. The molecular weight excluding hydrogens is 388 g/mol. The minimum atomic E-state index is 0.0502. The summed E-state index contributed by atoms with van der Waals surface area (Å²) in [7, 11) is 0. The number of hydrogen-bond acceptors (Lipinski definition) is 4. The quantitative estimate of drug-likeness (QED) is 0.695. The topological polar surface area (TPSA) is 60.9 Å². The van der Waals surface area contributed by atoms with E-state index in [0.29, 0.717) is 30.1 Å². The predicted molar refractivity (Wildman–Crippen MR) is 122 cm³/mol. The van der Waals surface area contributed by atoms with E-state index in [0.717, 1.165) is 64.7 Å². The summed E-state index contributed by atoms with van der Waals surface area (Å²) in [5.74, 6) is 2.52. The molecular formula is C26H42N2O3. The first kappa shape index (κ1) is 22.8. The fourth-order valence-corrected chi connectivity index (χ4v) is 8.05. The number of hydrogen-bond donors (Lipinski definition) is 1. The molecule has 0 spiro atoms. The summed E-state index contributed by atoms with van der Waals surface area (Å²) < 4.78 is 0. The van der Waals surface area contributed by atoms with Crippen LogP contribution in [-0.4, -0.2) is 59.4 Å². The Morgan fingerprint density at radius 3 is 2.58 bits per heavy atom. The van der Waals surface area contributed by atoms with Gasteiger partial charge < -0.3 is 14.9 Å². The SMILES string of the molecule is CCN(CC)C(=O)C1CC[C@H]2[C@@H]3CN(CCCO)C4=CC(=O)CC[C@]4(C)[C@@H]3CC[C@]12C. The van der Waals surface area contributed by atoms with Gasteiger partial charge in [0.05, 0.1) is 0 Å². The molecule has 1 heterocycles. The van der Waals surface area contributed by atoms with E-state index < -0.39 is 0 Å². The number of likely N-dealkylation sites (tertiary alicyclic amines) is 1. The molecule has 5 heteroatoms. The number of amides is 1. The molecule has 0 bridgehead atoms. The van der Waals surface area contributed by atoms with E-state index in [2.05, 4.69) is 32.6 Å². The summed E-state index contributed by atoms with van der Waals surface area (Å²) in [6.07, 6.45) is 8.73. The van der Waals surface area contributed by atoms with Crippen LogP contribution in [-0.2, 0) is 9.59 Å². The van der Waals surface area contributed by atoms with Gasteiger partial charge in [-0.05, 0) is 75.5 Å². The van der Waals surface area contributed by atoms with Crippen molar-refractivity contribution in [2.24, 2.45) is 34.5 Å². The summed E-state index contributed by atoms with van der Waals surface area (Å²) in [6.45, 7) is 12.6. The maximum atomic E-state index is 13.4. The first-order chi connectivity index (χ1) is 14.8. The Bertz CT molecular complexity index is 745. The van der Waals surface area contributed by atoms with Crippen LogP contribution in [0.15, 0.2) is 11.8 Å². The highest BCUT2D eigenvalue weighted by atomic mass is 16.3. The maximum Gasteiger partial charge on any atom is 0.226 e. The molecule has 1 unspecified atom stereocenters. The van der Waals surface area contributed by atoms with Crippen molar-refractivity contribution < 1.29 is 14.7 Å². The van der Waals surface area contributed by atoms with Gasteiger partial charge in [-0.15, -0.1) is 0 Å². The van der Waals surface area contributed by atoms with Gasteiger partial charge in [0.15, 0.2) is 5.78 Å². The van der Waals surface area contributed by atoms with Crippen LogP contribution in [0.25, 0.3) is 0 Å². The van der Waals surface area contributed by atoms with Crippen LogP contribution in [0.1, 0.15) is 72.6 Å². The third kappa shape index (κ3) is 3.55. The van der Waals surface area contributed by atoms with Gasteiger partial charge in [-0.25, -0.2) is 0 Å².